The summed E-state index contributed by atoms with van der Waals surface area (Å²) in [7, 11) is 3.35. The van der Waals surface area contributed by atoms with Gasteiger partial charge in [0, 0.05) is 22.7 Å². The van der Waals surface area contributed by atoms with E-state index in [1.54, 1.807) is 26.0 Å². The summed E-state index contributed by atoms with van der Waals surface area (Å²) in [5.41, 5.74) is 2.20. The zero-order chi connectivity index (χ0) is 14.4. The molecule has 0 fully saturated rings. The molecule has 0 bridgehead atoms. The van der Waals surface area contributed by atoms with Crippen LogP contribution in [-0.4, -0.2) is 20.5 Å². The SMILES string of the molecule is COc1ccc(OC)c(CNc2ccccc2SC)c1. The number of anilines is 1. The molecule has 4 heteroatoms. The minimum atomic E-state index is 0.692. The lowest BCUT2D eigenvalue weighted by atomic mass is 10.2. The minimum Gasteiger partial charge on any atom is -0.497 e. The molecule has 2 aromatic rings. The lowest BCUT2D eigenvalue weighted by Crippen LogP contribution is -2.03. The van der Waals surface area contributed by atoms with Crippen molar-refractivity contribution in [1.29, 1.82) is 0 Å². The van der Waals surface area contributed by atoms with Crippen LogP contribution in [0.3, 0.4) is 0 Å². The van der Waals surface area contributed by atoms with Gasteiger partial charge in [0.1, 0.15) is 11.5 Å². The molecule has 1 N–H and O–H groups in total. The summed E-state index contributed by atoms with van der Waals surface area (Å²) >= 11 is 1.73. The minimum absolute atomic E-state index is 0.692. The first-order valence-corrected chi connectivity index (χ1v) is 7.58. The second kappa shape index (κ2) is 7.10. The number of nitrogens with one attached hydrogen (secondary N) is 1. The number of para-hydroxylation sites is 1. The van der Waals surface area contributed by atoms with Gasteiger partial charge in [-0.15, -0.1) is 11.8 Å². The standard InChI is InChI=1S/C16H19NO2S/c1-18-13-8-9-15(19-2)12(10-13)11-17-14-6-4-5-7-16(14)20-3/h4-10,17H,11H2,1-3H3. The zero-order valence-electron chi connectivity index (χ0n) is 12.0. The van der Waals surface area contributed by atoms with E-state index in [1.165, 1.54) is 4.90 Å². The van der Waals surface area contributed by atoms with Gasteiger partial charge in [-0.05, 0) is 36.6 Å². The Kier molecular flexibility index (Phi) is 5.18. The molecular weight excluding hydrogens is 270 g/mol. The topological polar surface area (TPSA) is 30.5 Å². The summed E-state index contributed by atoms with van der Waals surface area (Å²) in [6, 6.07) is 14.1. The van der Waals surface area contributed by atoms with Crippen LogP contribution in [0.15, 0.2) is 47.4 Å². The van der Waals surface area contributed by atoms with Crippen molar-refractivity contribution in [3.8, 4) is 11.5 Å². The maximum Gasteiger partial charge on any atom is 0.124 e. The lowest BCUT2D eigenvalue weighted by molar-refractivity contribution is 0.399. The molecule has 0 saturated heterocycles. The normalized spacial score (nSPS) is 10.2. The first-order chi connectivity index (χ1) is 9.78. The summed E-state index contributed by atoms with van der Waals surface area (Å²) in [5.74, 6) is 1.70. The second-order valence-electron chi connectivity index (χ2n) is 4.23. The van der Waals surface area contributed by atoms with Gasteiger partial charge in [0.15, 0.2) is 0 Å². The highest BCUT2D eigenvalue weighted by Crippen LogP contribution is 2.28. The Morgan fingerprint density at radius 1 is 1.05 bits per heavy atom. The van der Waals surface area contributed by atoms with Crippen molar-refractivity contribution in [1.82, 2.24) is 0 Å². The fraction of sp³-hybridized carbons (Fsp3) is 0.250. The average molecular weight is 289 g/mol. The fourth-order valence-electron chi connectivity index (χ4n) is 2.00. The zero-order valence-corrected chi connectivity index (χ0v) is 12.8. The summed E-state index contributed by atoms with van der Waals surface area (Å²) in [5, 5.41) is 3.45. The van der Waals surface area contributed by atoms with Crippen LogP contribution in [0.5, 0.6) is 11.5 Å². The van der Waals surface area contributed by atoms with Crippen molar-refractivity contribution >= 4 is 17.4 Å². The molecule has 0 aliphatic rings. The van der Waals surface area contributed by atoms with Crippen LogP contribution >= 0.6 is 11.8 Å². The molecule has 0 heterocycles. The van der Waals surface area contributed by atoms with Crippen molar-refractivity contribution in [2.75, 3.05) is 25.8 Å². The Morgan fingerprint density at radius 3 is 2.55 bits per heavy atom. The van der Waals surface area contributed by atoms with E-state index in [9.17, 15) is 0 Å². The Bertz CT molecular complexity index is 572. The maximum absolute atomic E-state index is 5.39. The summed E-state index contributed by atoms with van der Waals surface area (Å²) in [4.78, 5) is 1.23. The van der Waals surface area contributed by atoms with E-state index in [0.717, 1.165) is 22.7 Å². The number of hydrogen-bond donors (Lipinski definition) is 1. The molecule has 0 aliphatic carbocycles. The molecule has 0 atom stereocenters. The number of methoxy groups -OCH3 is 2. The average Bonchev–Trinajstić information content (AvgIpc) is 2.52. The van der Waals surface area contributed by atoms with Crippen molar-refractivity contribution in [2.45, 2.75) is 11.4 Å². The van der Waals surface area contributed by atoms with Crippen LogP contribution < -0.4 is 14.8 Å². The van der Waals surface area contributed by atoms with E-state index in [2.05, 4.69) is 23.7 Å². The first kappa shape index (κ1) is 14.6. The molecule has 3 nitrogen and oxygen atoms in total. The van der Waals surface area contributed by atoms with Gasteiger partial charge in [0.25, 0.3) is 0 Å². The van der Waals surface area contributed by atoms with Gasteiger partial charge in [-0.3, -0.25) is 0 Å². The number of ether oxygens (including phenoxy) is 2. The summed E-state index contributed by atoms with van der Waals surface area (Å²) < 4.78 is 10.7. The molecule has 0 aromatic heterocycles. The lowest BCUT2D eigenvalue weighted by Gasteiger charge is -2.14. The summed E-state index contributed by atoms with van der Waals surface area (Å²) in [6.07, 6.45) is 2.08. The molecule has 0 saturated carbocycles. The molecule has 0 radical (unpaired) electrons. The Balaban J connectivity index is 2.17. The largest absolute Gasteiger partial charge is 0.497 e. The number of benzene rings is 2. The molecule has 0 unspecified atom stereocenters. The van der Waals surface area contributed by atoms with Gasteiger partial charge in [0.2, 0.25) is 0 Å². The van der Waals surface area contributed by atoms with Gasteiger partial charge in [0.05, 0.1) is 14.2 Å². The molecule has 106 valence electrons. The van der Waals surface area contributed by atoms with E-state index < -0.39 is 0 Å². The van der Waals surface area contributed by atoms with Gasteiger partial charge in [-0.25, -0.2) is 0 Å². The third kappa shape index (κ3) is 3.39. The van der Waals surface area contributed by atoms with Crippen LogP contribution in [0.4, 0.5) is 5.69 Å². The molecule has 0 aliphatic heterocycles. The molecule has 0 spiro atoms. The van der Waals surface area contributed by atoms with Crippen molar-refractivity contribution in [2.24, 2.45) is 0 Å². The fourth-order valence-corrected chi connectivity index (χ4v) is 2.58. The Hall–Kier alpha value is -1.81. The molecule has 20 heavy (non-hydrogen) atoms. The van der Waals surface area contributed by atoms with Crippen LogP contribution in [-0.2, 0) is 6.54 Å². The van der Waals surface area contributed by atoms with Crippen molar-refractivity contribution in [3.63, 3.8) is 0 Å². The third-order valence-corrected chi connectivity index (χ3v) is 3.86. The molecule has 2 aromatic carbocycles. The smallest absolute Gasteiger partial charge is 0.124 e. The maximum atomic E-state index is 5.39. The Morgan fingerprint density at radius 2 is 1.85 bits per heavy atom. The highest BCUT2D eigenvalue weighted by atomic mass is 32.2. The van der Waals surface area contributed by atoms with Crippen LogP contribution in [0.25, 0.3) is 0 Å². The molecule has 2 rings (SSSR count). The van der Waals surface area contributed by atoms with Crippen LogP contribution in [0.2, 0.25) is 0 Å². The summed E-state index contributed by atoms with van der Waals surface area (Å²) in [6.45, 7) is 0.692. The van der Waals surface area contributed by atoms with E-state index in [-0.39, 0.29) is 0 Å². The quantitative estimate of drug-likeness (QED) is 0.813. The van der Waals surface area contributed by atoms with Gasteiger partial charge in [-0.2, -0.15) is 0 Å². The highest BCUT2D eigenvalue weighted by Gasteiger charge is 2.06. The number of hydrogen-bond acceptors (Lipinski definition) is 4. The predicted octanol–water partition coefficient (Wildman–Crippen LogP) is 4.04. The van der Waals surface area contributed by atoms with Gasteiger partial charge < -0.3 is 14.8 Å². The first-order valence-electron chi connectivity index (χ1n) is 6.36. The van der Waals surface area contributed by atoms with Crippen LogP contribution in [0, 0.1) is 0 Å². The van der Waals surface area contributed by atoms with E-state index in [4.69, 9.17) is 9.47 Å². The van der Waals surface area contributed by atoms with Crippen LogP contribution in [0.1, 0.15) is 5.56 Å². The second-order valence-corrected chi connectivity index (χ2v) is 5.08. The molecular formula is C16H19NO2S. The number of rotatable bonds is 6. The number of thioether (sulfide) groups is 1. The van der Waals surface area contributed by atoms with E-state index in [0.29, 0.717) is 6.54 Å². The predicted molar refractivity (Wildman–Crippen MR) is 85.1 cm³/mol. The van der Waals surface area contributed by atoms with Crippen molar-refractivity contribution in [3.05, 3.63) is 48.0 Å². The molecule has 0 amide bonds. The monoisotopic (exact) mass is 289 g/mol. The Labute approximate surface area is 124 Å². The third-order valence-electron chi connectivity index (χ3n) is 3.06. The van der Waals surface area contributed by atoms with E-state index >= 15 is 0 Å². The highest BCUT2D eigenvalue weighted by molar-refractivity contribution is 7.98. The van der Waals surface area contributed by atoms with E-state index in [1.807, 2.05) is 30.3 Å². The van der Waals surface area contributed by atoms with Crippen molar-refractivity contribution < 1.29 is 9.47 Å². The van der Waals surface area contributed by atoms with Gasteiger partial charge in [-0.1, -0.05) is 12.1 Å². The van der Waals surface area contributed by atoms with Gasteiger partial charge >= 0.3 is 0 Å².